The Bertz CT molecular complexity index is 1320. The van der Waals surface area contributed by atoms with E-state index < -0.39 is 0 Å². The quantitative estimate of drug-likeness (QED) is 0.373. The van der Waals surface area contributed by atoms with Gasteiger partial charge in [0.25, 0.3) is 0 Å². The van der Waals surface area contributed by atoms with Crippen LogP contribution in [0.2, 0.25) is 0 Å². The van der Waals surface area contributed by atoms with Crippen LogP contribution in [0.25, 0.3) is 27.5 Å². The maximum atomic E-state index is 10.6. The highest BCUT2D eigenvalue weighted by Gasteiger charge is 2.24. The minimum atomic E-state index is 0.626. The Morgan fingerprint density at radius 1 is 0.607 bits per heavy atom. The maximum Gasteiger partial charge on any atom is 0.155 e. The van der Waals surface area contributed by atoms with Crippen molar-refractivity contribution < 1.29 is 9.94 Å². The fourth-order valence-electron chi connectivity index (χ4n) is 4.07. The molecule has 28 heavy (non-hydrogen) atoms. The lowest BCUT2D eigenvalue weighted by atomic mass is 10.2. The second-order valence-corrected chi connectivity index (χ2v) is 6.90. The van der Waals surface area contributed by atoms with Crippen LogP contribution in [0, 0.1) is 0 Å². The van der Waals surface area contributed by atoms with E-state index in [0.717, 1.165) is 16.7 Å². The molecule has 1 aliphatic heterocycles. The fraction of sp³-hybridized carbons (Fsp3) is 0. The zero-order valence-corrected chi connectivity index (χ0v) is 14.9. The van der Waals surface area contributed by atoms with Gasteiger partial charge in [0.1, 0.15) is 11.4 Å². The van der Waals surface area contributed by atoms with E-state index >= 15 is 0 Å². The summed E-state index contributed by atoms with van der Waals surface area (Å²) in [4.78, 5) is 0. The largest absolute Gasteiger partial charge is 0.453 e. The van der Waals surface area contributed by atoms with Crippen molar-refractivity contribution in [1.82, 2.24) is 4.57 Å². The maximum absolute atomic E-state index is 10.6. The number of fused-ring (bicyclic) bond motifs is 5. The summed E-state index contributed by atoms with van der Waals surface area (Å²) in [6, 6.07) is 30.1. The summed E-state index contributed by atoms with van der Waals surface area (Å²) in [5.41, 5.74) is 4.54. The molecule has 0 atom stereocenters. The van der Waals surface area contributed by atoms with Crippen LogP contribution in [0.15, 0.2) is 91.0 Å². The molecule has 0 fully saturated rings. The summed E-state index contributed by atoms with van der Waals surface area (Å²) in [5, 5.41) is 14.2. The average molecular weight is 364 g/mol. The molecule has 0 spiro atoms. The Balaban J connectivity index is 1.60. The third-order valence-corrected chi connectivity index (χ3v) is 5.32. The summed E-state index contributed by atoms with van der Waals surface area (Å²) < 4.78 is 8.33. The molecule has 5 aromatic rings. The van der Waals surface area contributed by atoms with Gasteiger partial charge >= 0.3 is 0 Å². The highest BCUT2D eigenvalue weighted by molar-refractivity contribution is 6.09. The van der Waals surface area contributed by atoms with Gasteiger partial charge in [-0.3, -0.25) is 5.21 Å². The van der Waals surface area contributed by atoms with Crippen molar-refractivity contribution >= 4 is 33.2 Å². The standard InChI is InChI=1S/C24H16N2O2/c27-26-21-11-5-6-12-23(21)28-24-15-16(13-14-22(24)26)25-19-9-3-1-7-17(19)18-8-2-4-10-20(18)25/h1-15,27H. The van der Waals surface area contributed by atoms with E-state index in [1.54, 1.807) is 0 Å². The van der Waals surface area contributed by atoms with E-state index in [9.17, 15) is 5.21 Å². The Hall–Kier alpha value is -3.76. The lowest BCUT2D eigenvalue weighted by Gasteiger charge is -2.28. The molecule has 0 bridgehead atoms. The number of anilines is 2. The molecular formula is C24H16N2O2. The molecule has 0 radical (unpaired) electrons. The minimum absolute atomic E-state index is 0.626. The van der Waals surface area contributed by atoms with E-state index in [4.69, 9.17) is 4.74 Å². The number of nitrogens with zero attached hydrogens (tertiary/aromatic N) is 2. The molecular weight excluding hydrogens is 348 g/mol. The zero-order chi connectivity index (χ0) is 18.7. The predicted molar refractivity (Wildman–Crippen MR) is 111 cm³/mol. The molecule has 1 N–H and O–H groups in total. The first-order valence-corrected chi connectivity index (χ1v) is 9.20. The zero-order valence-electron chi connectivity index (χ0n) is 14.9. The van der Waals surface area contributed by atoms with Crippen LogP contribution in [0.4, 0.5) is 11.4 Å². The van der Waals surface area contributed by atoms with Crippen molar-refractivity contribution in [3.8, 4) is 17.2 Å². The van der Waals surface area contributed by atoms with Gasteiger partial charge in [0.15, 0.2) is 11.5 Å². The summed E-state index contributed by atoms with van der Waals surface area (Å²) in [5.74, 6) is 1.26. The molecule has 1 aliphatic rings. The molecule has 0 unspecified atom stereocenters. The topological polar surface area (TPSA) is 37.6 Å². The van der Waals surface area contributed by atoms with E-state index in [-0.39, 0.29) is 0 Å². The Morgan fingerprint density at radius 3 is 1.96 bits per heavy atom. The fourth-order valence-corrected chi connectivity index (χ4v) is 4.07. The molecule has 6 rings (SSSR count). The number of aromatic nitrogens is 1. The molecule has 134 valence electrons. The Labute approximate surface area is 161 Å². The van der Waals surface area contributed by atoms with Crippen LogP contribution in [0.5, 0.6) is 11.5 Å². The highest BCUT2D eigenvalue weighted by Crippen LogP contribution is 2.46. The smallest absolute Gasteiger partial charge is 0.155 e. The lowest BCUT2D eigenvalue weighted by Crippen LogP contribution is -2.16. The van der Waals surface area contributed by atoms with E-state index in [1.165, 1.54) is 15.8 Å². The van der Waals surface area contributed by atoms with Gasteiger partial charge in [0.05, 0.1) is 16.7 Å². The normalized spacial score (nSPS) is 12.7. The Kier molecular flexibility index (Phi) is 3.07. The van der Waals surface area contributed by atoms with Crippen molar-refractivity contribution in [3.05, 3.63) is 91.0 Å². The third kappa shape index (κ3) is 2.03. The molecule has 0 amide bonds. The van der Waals surface area contributed by atoms with Crippen molar-refractivity contribution in [1.29, 1.82) is 0 Å². The van der Waals surface area contributed by atoms with Gasteiger partial charge in [-0.05, 0) is 36.4 Å². The molecule has 0 saturated heterocycles. The van der Waals surface area contributed by atoms with Crippen LogP contribution >= 0.6 is 0 Å². The summed E-state index contributed by atoms with van der Waals surface area (Å²) in [6.07, 6.45) is 0. The number of para-hydroxylation sites is 4. The number of hydrogen-bond donors (Lipinski definition) is 1. The molecule has 0 saturated carbocycles. The predicted octanol–water partition coefficient (Wildman–Crippen LogP) is 6.42. The second kappa shape index (κ2) is 5.62. The van der Waals surface area contributed by atoms with Crippen molar-refractivity contribution in [2.45, 2.75) is 0 Å². The third-order valence-electron chi connectivity index (χ3n) is 5.32. The first-order valence-electron chi connectivity index (χ1n) is 9.20. The molecule has 1 aromatic heterocycles. The molecule has 0 aliphatic carbocycles. The number of ether oxygens (including phenoxy) is 1. The van der Waals surface area contributed by atoms with Gasteiger partial charge in [0, 0.05) is 16.8 Å². The van der Waals surface area contributed by atoms with Crippen LogP contribution < -0.4 is 9.80 Å². The van der Waals surface area contributed by atoms with Gasteiger partial charge < -0.3 is 9.30 Å². The molecule has 4 aromatic carbocycles. The van der Waals surface area contributed by atoms with Gasteiger partial charge in [0.2, 0.25) is 0 Å². The molecule has 4 nitrogen and oxygen atoms in total. The lowest BCUT2D eigenvalue weighted by molar-refractivity contribution is 0.285. The van der Waals surface area contributed by atoms with E-state index in [2.05, 4.69) is 53.1 Å². The van der Waals surface area contributed by atoms with Crippen LogP contribution in [0.1, 0.15) is 0 Å². The van der Waals surface area contributed by atoms with Crippen LogP contribution in [0.3, 0.4) is 0 Å². The van der Waals surface area contributed by atoms with E-state index in [1.807, 2.05) is 42.5 Å². The molecule has 2 heterocycles. The van der Waals surface area contributed by atoms with Gasteiger partial charge in [-0.15, -0.1) is 0 Å². The van der Waals surface area contributed by atoms with E-state index in [0.29, 0.717) is 22.9 Å². The number of benzene rings is 4. The van der Waals surface area contributed by atoms with Crippen molar-refractivity contribution in [2.75, 3.05) is 5.06 Å². The summed E-state index contributed by atoms with van der Waals surface area (Å²) >= 11 is 0. The first kappa shape index (κ1) is 15.3. The van der Waals surface area contributed by atoms with Crippen molar-refractivity contribution in [2.24, 2.45) is 0 Å². The summed E-state index contributed by atoms with van der Waals surface area (Å²) in [7, 11) is 0. The van der Waals surface area contributed by atoms with Gasteiger partial charge in [-0.25, -0.2) is 5.06 Å². The number of rotatable bonds is 1. The highest BCUT2D eigenvalue weighted by atomic mass is 16.5. The first-order chi connectivity index (χ1) is 13.8. The monoisotopic (exact) mass is 364 g/mol. The molecule has 4 heteroatoms. The number of hydrogen-bond acceptors (Lipinski definition) is 3. The average Bonchev–Trinajstić information content (AvgIpc) is 3.08. The summed E-state index contributed by atoms with van der Waals surface area (Å²) in [6.45, 7) is 0. The van der Waals surface area contributed by atoms with Crippen LogP contribution in [-0.2, 0) is 0 Å². The SMILES string of the molecule is ON1c2ccccc2Oc2cc(-n3c4ccccc4c4ccccc43)ccc21. The minimum Gasteiger partial charge on any atom is -0.453 e. The van der Waals surface area contributed by atoms with Crippen molar-refractivity contribution in [3.63, 3.8) is 0 Å². The van der Waals surface area contributed by atoms with Crippen LogP contribution in [-0.4, -0.2) is 9.77 Å². The van der Waals surface area contributed by atoms with Gasteiger partial charge in [-0.1, -0.05) is 48.5 Å². The van der Waals surface area contributed by atoms with Gasteiger partial charge in [-0.2, -0.15) is 0 Å². The Morgan fingerprint density at radius 2 is 1.21 bits per heavy atom. The second-order valence-electron chi connectivity index (χ2n) is 6.90.